The van der Waals surface area contributed by atoms with E-state index in [1.165, 1.54) is 5.56 Å². The molecule has 0 bridgehead atoms. The molecule has 0 aliphatic rings. The van der Waals surface area contributed by atoms with E-state index in [9.17, 15) is 4.79 Å². The normalized spacial score (nSPS) is 10.6. The third kappa shape index (κ3) is 3.44. The van der Waals surface area contributed by atoms with E-state index >= 15 is 0 Å². The highest BCUT2D eigenvalue weighted by Crippen LogP contribution is 2.10. The van der Waals surface area contributed by atoms with Gasteiger partial charge < -0.3 is 4.90 Å². The Morgan fingerprint density at radius 2 is 2.15 bits per heavy atom. The molecule has 0 saturated heterocycles. The van der Waals surface area contributed by atoms with Crippen LogP contribution in [0.2, 0.25) is 0 Å². The summed E-state index contributed by atoms with van der Waals surface area (Å²) in [7, 11) is 1.83. The highest BCUT2D eigenvalue weighted by atomic mass is 16.2. The van der Waals surface area contributed by atoms with Crippen molar-refractivity contribution in [1.82, 2.24) is 20.1 Å². The molecule has 0 atom stereocenters. The Hall–Kier alpha value is -2.17. The molecule has 2 aromatic rings. The zero-order valence-corrected chi connectivity index (χ0v) is 12.2. The molecular formula is C15H20N4O. The van der Waals surface area contributed by atoms with Crippen LogP contribution in [0, 0.1) is 13.8 Å². The second kappa shape index (κ2) is 6.32. The molecule has 0 aliphatic carbocycles. The lowest BCUT2D eigenvalue weighted by molar-refractivity contribution is -0.129. The van der Waals surface area contributed by atoms with E-state index < -0.39 is 0 Å². The van der Waals surface area contributed by atoms with Gasteiger partial charge in [-0.15, -0.1) is 0 Å². The molecule has 1 N–H and O–H groups in total. The highest BCUT2D eigenvalue weighted by molar-refractivity contribution is 5.78. The first-order chi connectivity index (χ1) is 9.58. The molecule has 2 heterocycles. The minimum atomic E-state index is 0.0856. The molecule has 5 nitrogen and oxygen atoms in total. The summed E-state index contributed by atoms with van der Waals surface area (Å²) in [6.07, 6.45) is 2.88. The Morgan fingerprint density at radius 1 is 1.35 bits per heavy atom. The predicted octanol–water partition coefficient (Wildman–Crippen LogP) is 1.67. The largest absolute Gasteiger partial charge is 0.345 e. The maximum Gasteiger partial charge on any atom is 0.228 e. The van der Waals surface area contributed by atoms with Crippen molar-refractivity contribution >= 4 is 5.91 Å². The van der Waals surface area contributed by atoms with E-state index in [4.69, 9.17) is 0 Å². The fourth-order valence-electron chi connectivity index (χ4n) is 2.14. The van der Waals surface area contributed by atoms with E-state index in [-0.39, 0.29) is 5.91 Å². The number of amides is 1. The number of carbonyl (C=O) groups excluding carboxylic acids is 1. The molecule has 0 unspecified atom stereocenters. The molecule has 106 valence electrons. The number of carbonyl (C=O) groups is 1. The lowest BCUT2D eigenvalue weighted by Crippen LogP contribution is -2.30. The number of aryl methyl sites for hydroxylation is 2. The number of nitrogens with one attached hydrogen (secondary N) is 1. The van der Waals surface area contributed by atoms with Crippen LogP contribution >= 0.6 is 0 Å². The van der Waals surface area contributed by atoms with Crippen LogP contribution < -0.4 is 0 Å². The standard InChI is InChI=1S/C15H20N4O/c1-11-14(12(2)18-17-11)7-9-19(3)15(20)10-13-6-4-5-8-16-13/h4-6,8H,7,9-10H2,1-3H3,(H,17,18). The Labute approximate surface area is 119 Å². The van der Waals surface area contributed by atoms with Crippen LogP contribution in [0.3, 0.4) is 0 Å². The number of rotatable bonds is 5. The third-order valence-electron chi connectivity index (χ3n) is 3.46. The predicted molar refractivity (Wildman–Crippen MR) is 77.3 cm³/mol. The van der Waals surface area contributed by atoms with Gasteiger partial charge in [-0.2, -0.15) is 5.10 Å². The van der Waals surface area contributed by atoms with Crippen LogP contribution in [0.5, 0.6) is 0 Å². The zero-order valence-electron chi connectivity index (χ0n) is 12.2. The van der Waals surface area contributed by atoms with Gasteiger partial charge in [0.05, 0.1) is 12.1 Å². The van der Waals surface area contributed by atoms with Crippen LogP contribution in [0.15, 0.2) is 24.4 Å². The van der Waals surface area contributed by atoms with E-state index in [0.717, 1.165) is 23.5 Å². The molecule has 0 radical (unpaired) electrons. The van der Waals surface area contributed by atoms with Gasteiger partial charge in [0, 0.05) is 31.2 Å². The second-order valence-electron chi connectivity index (χ2n) is 4.98. The van der Waals surface area contributed by atoms with Crippen LogP contribution in [0.1, 0.15) is 22.6 Å². The molecule has 5 heteroatoms. The second-order valence-corrected chi connectivity index (χ2v) is 4.98. The highest BCUT2D eigenvalue weighted by Gasteiger charge is 2.12. The quantitative estimate of drug-likeness (QED) is 0.900. The van der Waals surface area contributed by atoms with E-state index in [0.29, 0.717) is 13.0 Å². The summed E-state index contributed by atoms with van der Waals surface area (Å²) < 4.78 is 0. The minimum Gasteiger partial charge on any atom is -0.345 e. The molecule has 20 heavy (non-hydrogen) atoms. The zero-order chi connectivity index (χ0) is 14.5. The summed E-state index contributed by atoms with van der Waals surface area (Å²) in [4.78, 5) is 18.0. The van der Waals surface area contributed by atoms with Crippen molar-refractivity contribution in [3.63, 3.8) is 0 Å². The van der Waals surface area contributed by atoms with E-state index in [1.54, 1.807) is 11.1 Å². The lowest BCUT2D eigenvalue weighted by Gasteiger charge is -2.17. The first-order valence-corrected chi connectivity index (χ1v) is 6.72. The topological polar surface area (TPSA) is 61.9 Å². The van der Waals surface area contributed by atoms with Crippen molar-refractivity contribution in [2.24, 2.45) is 0 Å². The Bertz CT molecular complexity index is 557. The van der Waals surface area contributed by atoms with Crippen molar-refractivity contribution in [2.45, 2.75) is 26.7 Å². The minimum absolute atomic E-state index is 0.0856. The fourth-order valence-corrected chi connectivity index (χ4v) is 2.14. The number of hydrogen-bond donors (Lipinski definition) is 1. The molecule has 0 aliphatic heterocycles. The van der Waals surface area contributed by atoms with Gasteiger partial charge in [-0.1, -0.05) is 6.07 Å². The first-order valence-electron chi connectivity index (χ1n) is 6.72. The number of pyridine rings is 1. The summed E-state index contributed by atoms with van der Waals surface area (Å²) in [5.74, 6) is 0.0856. The number of hydrogen-bond acceptors (Lipinski definition) is 3. The monoisotopic (exact) mass is 272 g/mol. The summed E-state index contributed by atoms with van der Waals surface area (Å²) in [5.41, 5.74) is 4.09. The molecule has 0 aromatic carbocycles. The maximum absolute atomic E-state index is 12.1. The van der Waals surface area contributed by atoms with Crippen molar-refractivity contribution in [3.05, 3.63) is 47.0 Å². The summed E-state index contributed by atoms with van der Waals surface area (Å²) in [6.45, 7) is 4.67. The Kier molecular flexibility index (Phi) is 4.50. The summed E-state index contributed by atoms with van der Waals surface area (Å²) in [5, 5.41) is 7.13. The van der Waals surface area contributed by atoms with Crippen molar-refractivity contribution in [2.75, 3.05) is 13.6 Å². The number of aromatic amines is 1. The van der Waals surface area contributed by atoms with Crippen molar-refractivity contribution < 1.29 is 4.79 Å². The molecule has 0 saturated carbocycles. The van der Waals surface area contributed by atoms with Crippen molar-refractivity contribution in [1.29, 1.82) is 0 Å². The fraction of sp³-hybridized carbons (Fsp3) is 0.400. The molecule has 2 rings (SSSR count). The number of H-pyrrole nitrogens is 1. The molecule has 1 amide bonds. The molecule has 0 spiro atoms. The number of nitrogens with zero attached hydrogens (tertiary/aromatic N) is 3. The average molecular weight is 272 g/mol. The first kappa shape index (κ1) is 14.2. The molecule has 2 aromatic heterocycles. The van der Waals surface area contributed by atoms with Crippen LogP contribution in [-0.4, -0.2) is 39.6 Å². The smallest absolute Gasteiger partial charge is 0.228 e. The van der Waals surface area contributed by atoms with Crippen LogP contribution in [-0.2, 0) is 17.6 Å². The molecule has 0 fully saturated rings. The lowest BCUT2D eigenvalue weighted by atomic mass is 10.1. The van der Waals surface area contributed by atoms with E-state index in [2.05, 4.69) is 15.2 Å². The Morgan fingerprint density at radius 3 is 2.75 bits per heavy atom. The maximum atomic E-state index is 12.1. The number of likely N-dealkylation sites (N-methyl/N-ethyl adjacent to an activating group) is 1. The van der Waals surface area contributed by atoms with Gasteiger partial charge in [0.2, 0.25) is 5.91 Å². The average Bonchev–Trinajstić information content (AvgIpc) is 2.76. The SMILES string of the molecule is Cc1n[nH]c(C)c1CCN(C)C(=O)Cc1ccccn1. The van der Waals surface area contributed by atoms with Gasteiger partial charge in [0.1, 0.15) is 0 Å². The van der Waals surface area contributed by atoms with Gasteiger partial charge in [0.25, 0.3) is 0 Å². The summed E-state index contributed by atoms with van der Waals surface area (Å²) >= 11 is 0. The van der Waals surface area contributed by atoms with Gasteiger partial charge in [-0.3, -0.25) is 14.9 Å². The van der Waals surface area contributed by atoms with Gasteiger partial charge in [-0.05, 0) is 38.0 Å². The van der Waals surface area contributed by atoms with Gasteiger partial charge in [0.15, 0.2) is 0 Å². The summed E-state index contributed by atoms with van der Waals surface area (Å²) in [6, 6.07) is 5.62. The van der Waals surface area contributed by atoms with Crippen molar-refractivity contribution in [3.8, 4) is 0 Å². The molecular weight excluding hydrogens is 252 g/mol. The van der Waals surface area contributed by atoms with Gasteiger partial charge >= 0.3 is 0 Å². The third-order valence-corrected chi connectivity index (χ3v) is 3.46. The van der Waals surface area contributed by atoms with Crippen LogP contribution in [0.4, 0.5) is 0 Å². The van der Waals surface area contributed by atoms with Crippen LogP contribution in [0.25, 0.3) is 0 Å². The van der Waals surface area contributed by atoms with Gasteiger partial charge in [-0.25, -0.2) is 0 Å². The number of aromatic nitrogens is 3. The van der Waals surface area contributed by atoms with E-state index in [1.807, 2.05) is 39.1 Å². The Balaban J connectivity index is 1.89.